The number of aliphatic hydroxyl groups excluding tert-OH is 1. The summed E-state index contributed by atoms with van der Waals surface area (Å²) in [6.07, 6.45) is 0. The Balaban J connectivity index is 1.97. The van der Waals surface area contributed by atoms with E-state index in [0.717, 1.165) is 0 Å². The van der Waals surface area contributed by atoms with Crippen molar-refractivity contribution < 1.29 is 19.4 Å². The van der Waals surface area contributed by atoms with Gasteiger partial charge in [-0.1, -0.05) is 40.9 Å². The largest absolute Gasteiger partial charge is 0.507 e. The van der Waals surface area contributed by atoms with Gasteiger partial charge in [-0.05, 0) is 47.8 Å². The minimum absolute atomic E-state index is 0.0842. The highest BCUT2D eigenvalue weighted by molar-refractivity contribution is 7.10. The van der Waals surface area contributed by atoms with E-state index in [2.05, 4.69) is 0 Å². The second kappa shape index (κ2) is 8.55. The molecule has 9 heteroatoms. The zero-order valence-corrected chi connectivity index (χ0v) is 19.0. The lowest BCUT2D eigenvalue weighted by atomic mass is 9.99. The minimum atomic E-state index is -0.844. The standard InChI is InChI=1S/C22H14Cl3NO4S/c1-30-21-14(9-12(24)10-15(21)25)19(27)17-18(16-3-2-8-31-16)26(22(29)20(17)28)13-6-4-11(23)5-7-13/h2-10,18,27H,1H3/b19-17-. The predicted octanol–water partition coefficient (Wildman–Crippen LogP) is 6.34. The molecule has 0 saturated carbocycles. The average Bonchev–Trinajstić information content (AvgIpc) is 3.35. The van der Waals surface area contributed by atoms with Crippen LogP contribution >= 0.6 is 46.1 Å². The normalized spacial score (nSPS) is 17.9. The van der Waals surface area contributed by atoms with Crippen molar-refractivity contribution in [3.63, 3.8) is 0 Å². The van der Waals surface area contributed by atoms with Gasteiger partial charge in [-0.25, -0.2) is 0 Å². The monoisotopic (exact) mass is 493 g/mol. The fraction of sp³-hybridized carbons (Fsp3) is 0.0909. The van der Waals surface area contributed by atoms with Crippen molar-refractivity contribution in [2.75, 3.05) is 12.0 Å². The van der Waals surface area contributed by atoms with Gasteiger partial charge in [0.1, 0.15) is 17.6 Å². The molecule has 31 heavy (non-hydrogen) atoms. The summed E-state index contributed by atoms with van der Waals surface area (Å²) in [5, 5.41) is 13.9. The van der Waals surface area contributed by atoms with Gasteiger partial charge >= 0.3 is 0 Å². The lowest BCUT2D eigenvalue weighted by Gasteiger charge is -2.24. The van der Waals surface area contributed by atoms with Gasteiger partial charge in [-0.15, -0.1) is 11.3 Å². The summed E-state index contributed by atoms with van der Waals surface area (Å²) >= 11 is 19.7. The number of halogens is 3. The molecule has 1 aliphatic rings. The number of anilines is 1. The molecule has 1 amide bonds. The Bertz CT molecular complexity index is 1210. The second-order valence-corrected chi connectivity index (χ2v) is 8.89. The molecule has 1 aliphatic heterocycles. The van der Waals surface area contributed by atoms with Crippen LogP contribution in [0.1, 0.15) is 16.5 Å². The van der Waals surface area contributed by atoms with Gasteiger partial charge in [0.25, 0.3) is 11.7 Å². The van der Waals surface area contributed by atoms with E-state index >= 15 is 0 Å². The van der Waals surface area contributed by atoms with Gasteiger partial charge in [0, 0.05) is 20.6 Å². The summed E-state index contributed by atoms with van der Waals surface area (Å²) in [4.78, 5) is 28.2. The lowest BCUT2D eigenvalue weighted by molar-refractivity contribution is -0.132. The Labute approximate surface area is 197 Å². The van der Waals surface area contributed by atoms with Crippen molar-refractivity contribution in [1.82, 2.24) is 0 Å². The topological polar surface area (TPSA) is 66.8 Å². The summed E-state index contributed by atoms with van der Waals surface area (Å²) in [7, 11) is 1.38. The van der Waals surface area contributed by atoms with Gasteiger partial charge < -0.3 is 9.84 Å². The number of methoxy groups -OCH3 is 1. The number of ketones is 1. The predicted molar refractivity (Wildman–Crippen MR) is 124 cm³/mol. The van der Waals surface area contributed by atoms with Gasteiger partial charge in [0.2, 0.25) is 0 Å². The van der Waals surface area contributed by atoms with Crippen LogP contribution in [0.15, 0.2) is 59.5 Å². The van der Waals surface area contributed by atoms with E-state index in [-0.39, 0.29) is 26.9 Å². The number of benzene rings is 2. The Morgan fingerprint density at radius 1 is 1.06 bits per heavy atom. The number of ether oxygens (including phenoxy) is 1. The van der Waals surface area contributed by atoms with Gasteiger partial charge in [-0.2, -0.15) is 0 Å². The fourth-order valence-corrected chi connectivity index (χ4v) is 5.03. The van der Waals surface area contributed by atoms with Crippen LogP contribution in [0.4, 0.5) is 5.69 Å². The van der Waals surface area contributed by atoms with Gasteiger partial charge in [-0.3, -0.25) is 14.5 Å². The number of carbonyl (C=O) groups excluding carboxylic acids is 2. The molecular formula is C22H14Cl3NO4S. The maximum atomic E-state index is 13.1. The summed E-state index contributed by atoms with van der Waals surface area (Å²) < 4.78 is 5.32. The van der Waals surface area contributed by atoms with E-state index < -0.39 is 23.5 Å². The smallest absolute Gasteiger partial charge is 0.300 e. The third kappa shape index (κ3) is 3.81. The molecule has 5 nitrogen and oxygen atoms in total. The number of hydrogen-bond acceptors (Lipinski definition) is 5. The Kier molecular flexibility index (Phi) is 5.99. The molecule has 158 valence electrons. The zero-order valence-electron chi connectivity index (χ0n) is 15.9. The van der Waals surface area contributed by atoms with E-state index in [1.165, 1.54) is 35.5 Å². The number of amides is 1. The molecule has 2 heterocycles. The summed E-state index contributed by atoms with van der Waals surface area (Å²) in [5.74, 6) is -1.88. The highest BCUT2D eigenvalue weighted by Gasteiger charge is 2.47. The number of aliphatic hydroxyl groups is 1. The molecule has 1 saturated heterocycles. The summed E-state index contributed by atoms with van der Waals surface area (Å²) in [6, 6.07) is 12.2. The fourth-order valence-electron chi connectivity index (χ4n) is 3.51. The van der Waals surface area contributed by atoms with Gasteiger partial charge in [0.05, 0.1) is 23.3 Å². The number of rotatable bonds is 4. The molecule has 1 fully saturated rings. The molecule has 0 radical (unpaired) electrons. The minimum Gasteiger partial charge on any atom is -0.507 e. The van der Waals surface area contributed by atoms with Crippen molar-refractivity contribution in [3.8, 4) is 5.75 Å². The highest BCUT2D eigenvalue weighted by Crippen LogP contribution is 2.45. The van der Waals surface area contributed by atoms with E-state index in [1.54, 1.807) is 36.4 Å². The molecule has 0 aliphatic carbocycles. The van der Waals surface area contributed by atoms with Crippen molar-refractivity contribution in [2.24, 2.45) is 0 Å². The molecule has 1 aromatic heterocycles. The summed E-state index contributed by atoms with van der Waals surface area (Å²) in [5.41, 5.74) is 0.509. The van der Waals surface area contributed by atoms with Crippen LogP contribution in [0, 0.1) is 0 Å². The van der Waals surface area contributed by atoms with Crippen LogP contribution in [0.25, 0.3) is 5.76 Å². The van der Waals surface area contributed by atoms with Crippen molar-refractivity contribution >= 4 is 69.3 Å². The molecule has 0 bridgehead atoms. The zero-order chi connectivity index (χ0) is 22.3. The van der Waals surface area contributed by atoms with Crippen LogP contribution in [0.5, 0.6) is 5.75 Å². The Hall–Kier alpha value is -2.51. The second-order valence-electron chi connectivity index (χ2n) is 6.63. The van der Waals surface area contributed by atoms with Crippen molar-refractivity contribution in [3.05, 3.63) is 85.0 Å². The highest BCUT2D eigenvalue weighted by atomic mass is 35.5. The van der Waals surface area contributed by atoms with E-state index in [1.807, 2.05) is 5.38 Å². The molecule has 0 spiro atoms. The first kappa shape index (κ1) is 21.7. The molecule has 1 unspecified atom stereocenters. The number of thiophene rings is 1. The molecule has 1 atom stereocenters. The average molecular weight is 495 g/mol. The quantitative estimate of drug-likeness (QED) is 0.261. The molecular weight excluding hydrogens is 481 g/mol. The first-order valence-corrected chi connectivity index (χ1v) is 11.0. The molecule has 4 rings (SSSR count). The van der Waals surface area contributed by atoms with Crippen LogP contribution in [0.2, 0.25) is 15.1 Å². The van der Waals surface area contributed by atoms with Crippen LogP contribution in [-0.4, -0.2) is 23.9 Å². The van der Waals surface area contributed by atoms with Crippen molar-refractivity contribution in [2.45, 2.75) is 6.04 Å². The van der Waals surface area contributed by atoms with Crippen molar-refractivity contribution in [1.29, 1.82) is 0 Å². The van der Waals surface area contributed by atoms with E-state index in [0.29, 0.717) is 15.6 Å². The maximum absolute atomic E-state index is 13.1. The number of hydrogen-bond donors (Lipinski definition) is 1. The molecule has 3 aromatic rings. The van der Waals surface area contributed by atoms with Gasteiger partial charge in [0.15, 0.2) is 0 Å². The maximum Gasteiger partial charge on any atom is 0.300 e. The van der Waals surface area contributed by atoms with Crippen LogP contribution in [0.3, 0.4) is 0 Å². The van der Waals surface area contributed by atoms with Crippen LogP contribution < -0.4 is 9.64 Å². The first-order chi connectivity index (χ1) is 14.8. The van der Waals surface area contributed by atoms with E-state index in [4.69, 9.17) is 39.5 Å². The third-order valence-corrected chi connectivity index (χ3v) is 6.51. The number of Topliss-reactive ketones (excluding diaryl/α,β-unsaturated/α-hetero) is 1. The number of carbonyl (C=O) groups is 2. The first-order valence-electron chi connectivity index (χ1n) is 8.97. The number of nitrogens with zero attached hydrogens (tertiary/aromatic N) is 1. The molecule has 2 aromatic carbocycles. The lowest BCUT2D eigenvalue weighted by Crippen LogP contribution is -2.29. The SMILES string of the molecule is COc1c(Cl)cc(Cl)cc1/C(O)=C1/C(=O)C(=O)N(c2ccc(Cl)cc2)C1c1cccs1. The van der Waals surface area contributed by atoms with E-state index in [9.17, 15) is 14.7 Å². The Morgan fingerprint density at radius 3 is 2.39 bits per heavy atom. The summed E-state index contributed by atoms with van der Waals surface area (Å²) in [6.45, 7) is 0. The van der Waals surface area contributed by atoms with Crippen LogP contribution in [-0.2, 0) is 9.59 Å². The molecule has 1 N–H and O–H groups in total. The Morgan fingerprint density at radius 2 is 1.77 bits per heavy atom. The third-order valence-electron chi connectivity index (χ3n) is 4.83.